The highest BCUT2D eigenvalue weighted by atomic mass is 16.2. The van der Waals surface area contributed by atoms with Crippen LogP contribution in [0.25, 0.3) is 0 Å². The molecule has 0 spiro atoms. The summed E-state index contributed by atoms with van der Waals surface area (Å²) in [4.78, 5) is 28.7. The van der Waals surface area contributed by atoms with E-state index < -0.39 is 0 Å². The fourth-order valence-corrected chi connectivity index (χ4v) is 3.59. The van der Waals surface area contributed by atoms with Crippen LogP contribution in [0.1, 0.15) is 41.9 Å². The Bertz CT molecular complexity index is 858. The Balaban J connectivity index is 1.74. The number of aryl methyl sites for hydroxylation is 1. The number of fused-ring (bicyclic) bond motifs is 1. The van der Waals surface area contributed by atoms with E-state index in [0.29, 0.717) is 32.6 Å². The highest BCUT2D eigenvalue weighted by molar-refractivity contribution is 5.83. The van der Waals surface area contributed by atoms with Crippen molar-refractivity contribution >= 4 is 11.8 Å². The molecule has 150 valence electrons. The first-order valence-corrected chi connectivity index (χ1v) is 9.73. The van der Waals surface area contributed by atoms with Crippen molar-refractivity contribution in [2.24, 2.45) is 0 Å². The molecule has 1 aliphatic heterocycles. The molecule has 0 saturated heterocycles. The maximum Gasteiger partial charge on any atom is 0.244 e. The van der Waals surface area contributed by atoms with Crippen molar-refractivity contribution in [3.63, 3.8) is 0 Å². The Hall–Kier alpha value is -2.67. The third-order valence-corrected chi connectivity index (χ3v) is 5.06. The zero-order valence-electron chi connectivity index (χ0n) is 17.1. The van der Waals surface area contributed by atoms with Crippen LogP contribution in [-0.4, -0.2) is 52.0 Å². The molecule has 1 aromatic carbocycles. The number of hydrogen-bond donors (Lipinski definition) is 1. The molecule has 2 amide bonds. The van der Waals surface area contributed by atoms with Gasteiger partial charge in [-0.1, -0.05) is 36.8 Å². The van der Waals surface area contributed by atoms with E-state index in [4.69, 9.17) is 0 Å². The van der Waals surface area contributed by atoms with Gasteiger partial charge in [-0.15, -0.1) is 0 Å². The molecule has 0 radical (unpaired) electrons. The fraction of sp³-hybridized carbons (Fsp3) is 0.476. The lowest BCUT2D eigenvalue weighted by atomic mass is 10.0. The third kappa shape index (κ3) is 4.42. The normalized spacial score (nSPS) is 14.7. The van der Waals surface area contributed by atoms with Crippen LogP contribution in [0, 0.1) is 6.92 Å². The molecule has 1 aromatic heterocycles. The molecule has 3 rings (SSSR count). The molecule has 7 nitrogen and oxygen atoms in total. The van der Waals surface area contributed by atoms with Gasteiger partial charge < -0.3 is 10.2 Å². The van der Waals surface area contributed by atoms with Crippen molar-refractivity contribution < 1.29 is 9.59 Å². The van der Waals surface area contributed by atoms with Crippen molar-refractivity contribution in [3.8, 4) is 0 Å². The number of carbonyl (C=O) groups excluding carboxylic acids is 2. The molecule has 0 unspecified atom stereocenters. The minimum Gasteiger partial charge on any atom is -0.350 e. The van der Waals surface area contributed by atoms with E-state index in [1.165, 1.54) is 0 Å². The Kier molecular flexibility index (Phi) is 6.14. The number of amides is 2. The van der Waals surface area contributed by atoms with Crippen LogP contribution < -0.4 is 5.32 Å². The summed E-state index contributed by atoms with van der Waals surface area (Å²) in [5.41, 5.74) is 3.99. The molecule has 1 aliphatic rings. The van der Waals surface area contributed by atoms with Gasteiger partial charge in [-0.3, -0.25) is 19.2 Å². The van der Waals surface area contributed by atoms with Gasteiger partial charge in [0.05, 0.1) is 31.0 Å². The average molecular weight is 383 g/mol. The molecule has 1 N–H and O–H groups in total. The van der Waals surface area contributed by atoms with Gasteiger partial charge in [0, 0.05) is 13.0 Å². The van der Waals surface area contributed by atoms with Crippen molar-refractivity contribution in [2.75, 3.05) is 20.6 Å². The lowest BCUT2D eigenvalue weighted by Gasteiger charge is -2.33. The molecule has 28 heavy (non-hydrogen) atoms. The van der Waals surface area contributed by atoms with Crippen LogP contribution in [0.3, 0.4) is 0 Å². The number of nitrogens with zero attached hydrogens (tertiary/aromatic N) is 4. The number of benzene rings is 1. The summed E-state index contributed by atoms with van der Waals surface area (Å²) in [6, 6.07) is 9.80. The van der Waals surface area contributed by atoms with Gasteiger partial charge in [0.2, 0.25) is 11.8 Å². The summed E-state index contributed by atoms with van der Waals surface area (Å²) in [5, 5.41) is 7.40. The second-order valence-electron chi connectivity index (χ2n) is 7.52. The quantitative estimate of drug-likeness (QED) is 0.827. The zero-order chi connectivity index (χ0) is 20.3. The van der Waals surface area contributed by atoms with E-state index in [2.05, 4.69) is 16.5 Å². The molecule has 0 bridgehead atoms. The van der Waals surface area contributed by atoms with Crippen molar-refractivity contribution in [1.82, 2.24) is 24.9 Å². The molecule has 1 atom stereocenters. The van der Waals surface area contributed by atoms with Crippen LogP contribution in [0.5, 0.6) is 0 Å². The Morgan fingerprint density at radius 1 is 1.25 bits per heavy atom. The lowest BCUT2D eigenvalue weighted by Crippen LogP contribution is -2.44. The second-order valence-corrected chi connectivity index (χ2v) is 7.52. The number of rotatable bonds is 6. The van der Waals surface area contributed by atoms with Gasteiger partial charge >= 0.3 is 0 Å². The standard InChI is InChI=1S/C21H29N5O2/c1-5-19(27)22-13-17-12-18-14-25(9-10-26(18)23-17)21(28)20(24(3)4)16-8-6-7-15(2)11-16/h6-8,11-12,20H,5,9-10,13-14H2,1-4H3,(H,22,27)/t20-/m1/s1. The van der Waals surface area contributed by atoms with E-state index in [1.54, 1.807) is 0 Å². The number of aromatic nitrogens is 2. The number of likely N-dealkylation sites (N-methyl/N-ethyl adjacent to an activating group) is 1. The topological polar surface area (TPSA) is 70.5 Å². The van der Waals surface area contributed by atoms with Gasteiger partial charge in [0.15, 0.2) is 0 Å². The smallest absolute Gasteiger partial charge is 0.244 e. The maximum absolute atomic E-state index is 13.3. The van der Waals surface area contributed by atoms with Crippen LogP contribution in [0.15, 0.2) is 30.3 Å². The Labute approximate surface area is 166 Å². The first-order chi connectivity index (χ1) is 13.4. The van der Waals surface area contributed by atoms with Gasteiger partial charge in [0.25, 0.3) is 0 Å². The second kappa shape index (κ2) is 8.56. The molecule has 0 fully saturated rings. The summed E-state index contributed by atoms with van der Waals surface area (Å²) in [7, 11) is 3.88. The highest BCUT2D eigenvalue weighted by Crippen LogP contribution is 2.24. The van der Waals surface area contributed by atoms with E-state index in [0.717, 1.165) is 22.5 Å². The summed E-state index contributed by atoms with van der Waals surface area (Å²) in [6.07, 6.45) is 0.459. The maximum atomic E-state index is 13.3. The largest absolute Gasteiger partial charge is 0.350 e. The van der Waals surface area contributed by atoms with Crippen LogP contribution in [0.4, 0.5) is 0 Å². The van der Waals surface area contributed by atoms with Crippen molar-refractivity contribution in [1.29, 1.82) is 0 Å². The zero-order valence-corrected chi connectivity index (χ0v) is 17.1. The predicted octanol–water partition coefficient (Wildman–Crippen LogP) is 1.86. The number of nitrogens with one attached hydrogen (secondary N) is 1. The lowest BCUT2D eigenvalue weighted by molar-refractivity contribution is -0.138. The van der Waals surface area contributed by atoms with Gasteiger partial charge in [-0.2, -0.15) is 5.10 Å². The first kappa shape index (κ1) is 20.1. The van der Waals surface area contributed by atoms with Gasteiger partial charge in [-0.05, 0) is 32.6 Å². The van der Waals surface area contributed by atoms with Crippen LogP contribution >= 0.6 is 0 Å². The molecule has 2 heterocycles. The summed E-state index contributed by atoms with van der Waals surface area (Å²) < 4.78 is 1.94. The van der Waals surface area contributed by atoms with E-state index in [9.17, 15) is 9.59 Å². The number of carbonyl (C=O) groups is 2. The molecule has 7 heteroatoms. The van der Waals surface area contributed by atoms with Crippen LogP contribution in [0.2, 0.25) is 0 Å². The third-order valence-electron chi connectivity index (χ3n) is 5.06. The summed E-state index contributed by atoms with van der Waals surface area (Å²) in [6.45, 7) is 6.11. The summed E-state index contributed by atoms with van der Waals surface area (Å²) >= 11 is 0. The predicted molar refractivity (Wildman–Crippen MR) is 107 cm³/mol. The molecule has 0 saturated carbocycles. The summed E-state index contributed by atoms with van der Waals surface area (Å²) in [5.74, 6) is 0.110. The molecular weight excluding hydrogens is 354 g/mol. The SMILES string of the molecule is CCC(=O)NCc1cc2n(n1)CCN(C(=O)[C@@H](c1cccc(C)c1)N(C)C)C2. The molecule has 2 aromatic rings. The first-order valence-electron chi connectivity index (χ1n) is 9.73. The average Bonchev–Trinajstić information content (AvgIpc) is 3.08. The van der Waals surface area contributed by atoms with Crippen LogP contribution in [-0.2, 0) is 29.2 Å². The Morgan fingerprint density at radius 3 is 2.71 bits per heavy atom. The minimum absolute atomic E-state index is 0.00903. The number of hydrogen-bond acceptors (Lipinski definition) is 4. The van der Waals surface area contributed by atoms with Gasteiger partial charge in [0.1, 0.15) is 6.04 Å². The molecule has 0 aliphatic carbocycles. The van der Waals surface area contributed by atoms with E-state index in [-0.39, 0.29) is 17.9 Å². The van der Waals surface area contributed by atoms with Crippen molar-refractivity contribution in [3.05, 3.63) is 52.8 Å². The van der Waals surface area contributed by atoms with Gasteiger partial charge in [-0.25, -0.2) is 0 Å². The monoisotopic (exact) mass is 383 g/mol. The van der Waals surface area contributed by atoms with E-state index >= 15 is 0 Å². The molecular formula is C21H29N5O2. The Morgan fingerprint density at radius 2 is 2.04 bits per heavy atom. The van der Waals surface area contributed by atoms with Crippen molar-refractivity contribution in [2.45, 2.75) is 45.9 Å². The highest BCUT2D eigenvalue weighted by Gasteiger charge is 2.30. The van der Waals surface area contributed by atoms with E-state index in [1.807, 2.05) is 66.7 Å². The fourth-order valence-electron chi connectivity index (χ4n) is 3.59. The minimum atomic E-state index is -0.308.